The summed E-state index contributed by atoms with van der Waals surface area (Å²) >= 11 is 6.14. The second kappa shape index (κ2) is 11.7. The summed E-state index contributed by atoms with van der Waals surface area (Å²) in [5, 5.41) is 1.67. The van der Waals surface area contributed by atoms with E-state index in [-0.39, 0.29) is 24.4 Å². The molecule has 7 heteroatoms. The van der Waals surface area contributed by atoms with Gasteiger partial charge in [-0.25, -0.2) is 0 Å². The number of carbonyl (C=O) groups is 2. The van der Waals surface area contributed by atoms with Gasteiger partial charge in [-0.2, -0.15) is 0 Å². The van der Waals surface area contributed by atoms with Crippen LogP contribution in [0.2, 0.25) is 5.02 Å². The van der Waals surface area contributed by atoms with Crippen LogP contribution < -0.4 is 4.74 Å². The van der Waals surface area contributed by atoms with E-state index in [1.54, 1.807) is 29.2 Å². The zero-order chi connectivity index (χ0) is 26.5. The van der Waals surface area contributed by atoms with Crippen LogP contribution in [0.25, 0.3) is 10.9 Å². The number of halogens is 1. The van der Waals surface area contributed by atoms with Crippen LogP contribution in [0, 0.1) is 0 Å². The van der Waals surface area contributed by atoms with Crippen LogP contribution in [0.1, 0.15) is 41.3 Å². The van der Waals surface area contributed by atoms with E-state index in [4.69, 9.17) is 16.3 Å². The minimum absolute atomic E-state index is 0.0426. The third-order valence-corrected chi connectivity index (χ3v) is 7.15. The lowest BCUT2D eigenvalue weighted by Gasteiger charge is -2.28. The Labute approximate surface area is 228 Å². The van der Waals surface area contributed by atoms with Crippen molar-refractivity contribution in [3.63, 3.8) is 0 Å². The van der Waals surface area contributed by atoms with Gasteiger partial charge in [0.2, 0.25) is 5.91 Å². The van der Waals surface area contributed by atoms with Crippen LogP contribution in [0.15, 0.2) is 79.0 Å². The maximum atomic E-state index is 13.8. The first-order chi connectivity index (χ1) is 18.5. The van der Waals surface area contributed by atoms with Gasteiger partial charge in [0.1, 0.15) is 12.3 Å². The molecule has 1 aliphatic rings. The van der Waals surface area contributed by atoms with Crippen molar-refractivity contribution in [2.45, 2.75) is 38.8 Å². The predicted octanol–water partition coefficient (Wildman–Crippen LogP) is 6.10. The molecule has 2 amide bonds. The number of H-pyrrole nitrogens is 1. The highest BCUT2D eigenvalue weighted by Crippen LogP contribution is 2.29. The lowest BCUT2D eigenvalue weighted by atomic mass is 10.1. The van der Waals surface area contributed by atoms with Crippen molar-refractivity contribution < 1.29 is 14.3 Å². The number of ether oxygens (including phenoxy) is 1. The molecule has 1 aromatic heterocycles. The molecule has 38 heavy (non-hydrogen) atoms. The smallest absolute Gasteiger partial charge is 0.254 e. The highest BCUT2D eigenvalue weighted by atomic mass is 35.5. The number of nitrogens with one attached hydrogen (secondary N) is 1. The van der Waals surface area contributed by atoms with E-state index in [2.05, 4.69) is 17.1 Å². The molecular weight excluding hydrogens is 498 g/mol. The second-order valence-electron chi connectivity index (χ2n) is 9.68. The van der Waals surface area contributed by atoms with Gasteiger partial charge in [-0.1, -0.05) is 48.0 Å². The number of aromatic nitrogens is 1. The van der Waals surface area contributed by atoms with E-state index in [0.717, 1.165) is 35.1 Å². The first kappa shape index (κ1) is 25.9. The molecule has 1 N–H and O–H groups in total. The van der Waals surface area contributed by atoms with Crippen LogP contribution in [-0.4, -0.2) is 52.3 Å². The Morgan fingerprint density at radius 3 is 2.55 bits per heavy atom. The van der Waals surface area contributed by atoms with Gasteiger partial charge in [0.15, 0.2) is 0 Å². The number of amides is 2. The summed E-state index contributed by atoms with van der Waals surface area (Å²) < 4.78 is 5.58. The van der Waals surface area contributed by atoms with Crippen LogP contribution in [0.4, 0.5) is 0 Å². The standard InChI is InChI=1S/C31H32ClN3O3/c1-2-38-27-14-10-22(11-15-27)20-34(17-16-24-19-33-29-9-4-3-8-28(24)29)30(36)21-35(26-12-13-26)31(37)23-6-5-7-25(32)18-23/h3-11,14-15,18-19,26,33H,2,12-13,16-17,20-21H2,1H3. The third-order valence-electron chi connectivity index (χ3n) is 6.91. The number of para-hydroxylation sites is 1. The second-order valence-corrected chi connectivity index (χ2v) is 10.1. The maximum absolute atomic E-state index is 13.8. The molecule has 6 nitrogen and oxygen atoms in total. The zero-order valence-corrected chi connectivity index (χ0v) is 22.3. The number of rotatable bonds is 11. The van der Waals surface area contributed by atoms with Crippen molar-refractivity contribution in [2.24, 2.45) is 0 Å². The molecule has 0 aliphatic heterocycles. The number of nitrogens with zero attached hydrogens (tertiary/aromatic N) is 2. The molecule has 0 unspecified atom stereocenters. The summed E-state index contributed by atoms with van der Waals surface area (Å²) in [4.78, 5) is 34.0. The van der Waals surface area contributed by atoms with Gasteiger partial charge in [0.25, 0.3) is 5.91 Å². The molecule has 0 radical (unpaired) electrons. The van der Waals surface area contributed by atoms with Crippen LogP contribution in [-0.2, 0) is 17.8 Å². The zero-order valence-electron chi connectivity index (χ0n) is 21.5. The normalized spacial score (nSPS) is 12.9. The molecule has 4 aromatic rings. The number of hydrogen-bond acceptors (Lipinski definition) is 3. The summed E-state index contributed by atoms with van der Waals surface area (Å²) in [6.45, 7) is 3.59. The van der Waals surface area contributed by atoms with Crippen molar-refractivity contribution in [2.75, 3.05) is 19.7 Å². The lowest BCUT2D eigenvalue weighted by molar-refractivity contribution is -0.132. The van der Waals surface area contributed by atoms with Gasteiger partial charge in [-0.05, 0) is 73.7 Å². The molecule has 1 fully saturated rings. The molecule has 5 rings (SSSR count). The summed E-state index contributed by atoms with van der Waals surface area (Å²) in [6.07, 6.45) is 4.55. The number of hydrogen-bond donors (Lipinski definition) is 1. The van der Waals surface area contributed by atoms with Crippen LogP contribution >= 0.6 is 11.6 Å². The van der Waals surface area contributed by atoms with Crippen molar-refractivity contribution in [3.8, 4) is 5.75 Å². The topological polar surface area (TPSA) is 65.6 Å². The van der Waals surface area contributed by atoms with Crippen molar-refractivity contribution in [1.29, 1.82) is 0 Å². The Morgan fingerprint density at radius 2 is 1.82 bits per heavy atom. The average Bonchev–Trinajstić information content (AvgIpc) is 3.69. The molecule has 1 aliphatic carbocycles. The van der Waals surface area contributed by atoms with E-state index in [1.807, 2.05) is 54.4 Å². The van der Waals surface area contributed by atoms with E-state index < -0.39 is 0 Å². The Bertz CT molecular complexity index is 1410. The summed E-state index contributed by atoms with van der Waals surface area (Å²) in [7, 11) is 0. The predicted molar refractivity (Wildman–Crippen MR) is 151 cm³/mol. The van der Waals surface area contributed by atoms with Crippen molar-refractivity contribution in [3.05, 3.63) is 101 Å². The van der Waals surface area contributed by atoms with Gasteiger partial charge < -0.3 is 19.5 Å². The summed E-state index contributed by atoms with van der Waals surface area (Å²) in [5.41, 5.74) is 3.77. The number of aromatic amines is 1. The average molecular weight is 530 g/mol. The molecule has 0 atom stereocenters. The largest absolute Gasteiger partial charge is 0.494 e. The number of fused-ring (bicyclic) bond motifs is 1. The fraction of sp³-hybridized carbons (Fsp3) is 0.290. The van der Waals surface area contributed by atoms with E-state index >= 15 is 0 Å². The highest BCUT2D eigenvalue weighted by molar-refractivity contribution is 6.31. The monoisotopic (exact) mass is 529 g/mol. The summed E-state index contributed by atoms with van der Waals surface area (Å²) in [6, 6.07) is 23.0. The lowest BCUT2D eigenvalue weighted by Crippen LogP contribution is -2.44. The highest BCUT2D eigenvalue weighted by Gasteiger charge is 2.35. The fourth-order valence-corrected chi connectivity index (χ4v) is 4.94. The Balaban J connectivity index is 1.35. The quantitative estimate of drug-likeness (QED) is 0.255. The first-order valence-electron chi connectivity index (χ1n) is 13.1. The maximum Gasteiger partial charge on any atom is 0.254 e. The molecule has 3 aromatic carbocycles. The minimum atomic E-state index is -0.152. The molecule has 196 valence electrons. The van der Waals surface area contributed by atoms with Gasteiger partial charge >= 0.3 is 0 Å². The van der Waals surface area contributed by atoms with Crippen molar-refractivity contribution >= 4 is 34.3 Å². The Morgan fingerprint density at radius 1 is 1.03 bits per heavy atom. The summed E-state index contributed by atoms with van der Waals surface area (Å²) in [5.74, 6) is 0.585. The molecular formula is C31H32ClN3O3. The molecule has 1 saturated carbocycles. The van der Waals surface area contributed by atoms with Crippen molar-refractivity contribution in [1.82, 2.24) is 14.8 Å². The van der Waals surface area contributed by atoms with Crippen LogP contribution in [0.3, 0.4) is 0 Å². The minimum Gasteiger partial charge on any atom is -0.494 e. The fourth-order valence-electron chi connectivity index (χ4n) is 4.75. The first-order valence-corrected chi connectivity index (χ1v) is 13.5. The molecule has 0 bridgehead atoms. The van der Waals surface area contributed by atoms with E-state index in [9.17, 15) is 9.59 Å². The van der Waals surface area contributed by atoms with E-state index in [0.29, 0.717) is 36.7 Å². The molecule has 0 saturated heterocycles. The SMILES string of the molecule is CCOc1ccc(CN(CCc2c[nH]c3ccccc23)C(=O)CN(C(=O)c2cccc(Cl)c2)C2CC2)cc1. The molecule has 0 spiro atoms. The van der Waals surface area contributed by atoms with Gasteiger partial charge in [-0.15, -0.1) is 0 Å². The van der Waals surface area contributed by atoms with Gasteiger partial charge in [0, 0.05) is 46.8 Å². The van der Waals surface area contributed by atoms with Gasteiger partial charge in [-0.3, -0.25) is 9.59 Å². The van der Waals surface area contributed by atoms with Gasteiger partial charge in [0.05, 0.1) is 6.61 Å². The number of carbonyl (C=O) groups excluding carboxylic acids is 2. The molecule has 1 heterocycles. The Kier molecular flexibility index (Phi) is 7.99. The third kappa shape index (κ3) is 6.20. The Hall–Kier alpha value is -3.77. The number of benzene rings is 3. The van der Waals surface area contributed by atoms with Crippen LogP contribution in [0.5, 0.6) is 5.75 Å². The van der Waals surface area contributed by atoms with E-state index in [1.165, 1.54) is 5.56 Å².